The number of nitrogens with zero attached hydrogens (tertiary/aromatic N) is 2. The van der Waals surface area contributed by atoms with E-state index in [-0.39, 0.29) is 36.2 Å². The van der Waals surface area contributed by atoms with E-state index in [1.54, 1.807) is 6.20 Å². The Kier molecular flexibility index (Phi) is 15.9. The van der Waals surface area contributed by atoms with Crippen LogP contribution in [0.15, 0.2) is 12.4 Å². The number of rotatable bonds is 15. The maximum atomic E-state index is 10.3. The molecule has 1 aromatic rings. The van der Waals surface area contributed by atoms with Crippen LogP contribution in [-0.4, -0.2) is 28.7 Å². The molecule has 0 unspecified atom stereocenters. The molecule has 0 amide bonds. The van der Waals surface area contributed by atoms with Gasteiger partial charge in [0.05, 0.1) is 19.2 Å². The molecule has 6 heteroatoms. The van der Waals surface area contributed by atoms with Gasteiger partial charge in [-0.25, -0.2) is 4.98 Å². The first-order valence-corrected chi connectivity index (χ1v) is 9.01. The summed E-state index contributed by atoms with van der Waals surface area (Å²) >= 11 is 0. The predicted octanol–water partition coefficient (Wildman–Crippen LogP) is -0.273. The summed E-state index contributed by atoms with van der Waals surface area (Å²) in [4.78, 5) is 14.7. The summed E-state index contributed by atoms with van der Waals surface area (Å²) in [5.74, 6) is -0.115. The van der Waals surface area contributed by atoms with E-state index in [1.807, 2.05) is 10.8 Å². The quantitative estimate of drug-likeness (QED) is 0.324. The molecule has 0 spiro atoms. The molecule has 0 bridgehead atoms. The van der Waals surface area contributed by atoms with Crippen molar-refractivity contribution >= 4 is 5.97 Å². The molecule has 0 atom stereocenters. The van der Waals surface area contributed by atoms with Gasteiger partial charge in [-0.05, 0) is 6.42 Å². The molecule has 0 fully saturated rings. The number of hydrogen-bond donors (Lipinski definition) is 0. The van der Waals surface area contributed by atoms with Crippen LogP contribution in [0.25, 0.3) is 0 Å². The number of hydrogen-bond acceptors (Lipinski definition) is 4. The molecule has 1 heterocycles. The summed E-state index contributed by atoms with van der Waals surface area (Å²) in [7, 11) is 0. The number of carbonyl (C=O) groups excluding carboxylic acids is 1. The Morgan fingerprint density at radius 1 is 1.12 bits per heavy atom. The Hall–Kier alpha value is -0.360. The summed E-state index contributed by atoms with van der Waals surface area (Å²) in [6.45, 7) is 2.91. The molecule has 1 rings (SSSR count). The summed E-state index contributed by atoms with van der Waals surface area (Å²) in [5.41, 5.74) is 0. The number of imidazole rings is 1. The molecular formula is C18H31N2NaO3. The number of unbranched alkanes of at least 4 members (excludes halogenated alkanes) is 8. The summed E-state index contributed by atoms with van der Waals surface area (Å²) in [6, 6.07) is 0. The van der Waals surface area contributed by atoms with Gasteiger partial charge in [0.25, 0.3) is 0 Å². The van der Waals surface area contributed by atoms with Gasteiger partial charge in [-0.2, -0.15) is 0 Å². The third kappa shape index (κ3) is 12.1. The van der Waals surface area contributed by atoms with Gasteiger partial charge in [0.15, 0.2) is 0 Å². The zero-order valence-electron chi connectivity index (χ0n) is 15.5. The van der Waals surface area contributed by atoms with Crippen molar-refractivity contribution in [3.05, 3.63) is 18.2 Å². The molecule has 24 heavy (non-hydrogen) atoms. The van der Waals surface area contributed by atoms with Gasteiger partial charge in [0.1, 0.15) is 5.82 Å². The van der Waals surface area contributed by atoms with E-state index in [2.05, 4.69) is 11.9 Å². The number of carbonyl (C=O) groups is 1. The van der Waals surface area contributed by atoms with Gasteiger partial charge in [-0.3, -0.25) is 0 Å². The van der Waals surface area contributed by atoms with Crippen LogP contribution in [0.3, 0.4) is 0 Å². The van der Waals surface area contributed by atoms with Gasteiger partial charge in [-0.1, -0.05) is 58.3 Å². The third-order valence-electron chi connectivity index (χ3n) is 4.00. The first kappa shape index (κ1) is 23.6. The van der Waals surface area contributed by atoms with Gasteiger partial charge in [0, 0.05) is 25.4 Å². The average Bonchev–Trinajstić information content (AvgIpc) is 2.97. The fraction of sp³-hybridized carbons (Fsp3) is 0.778. The fourth-order valence-corrected chi connectivity index (χ4v) is 2.68. The second-order valence-corrected chi connectivity index (χ2v) is 6.04. The summed E-state index contributed by atoms with van der Waals surface area (Å²) in [5, 5.41) is 10.3. The van der Waals surface area contributed by atoms with Crippen molar-refractivity contribution in [1.29, 1.82) is 0 Å². The van der Waals surface area contributed by atoms with Crippen molar-refractivity contribution in [2.45, 2.75) is 77.7 Å². The monoisotopic (exact) mass is 346 g/mol. The first-order chi connectivity index (χ1) is 11.2. The van der Waals surface area contributed by atoms with E-state index in [4.69, 9.17) is 4.74 Å². The first-order valence-electron chi connectivity index (χ1n) is 9.01. The Morgan fingerprint density at radius 2 is 1.75 bits per heavy atom. The molecule has 0 aliphatic carbocycles. The standard InChI is InChI=1S/C18H32N2O3.Na/c1-2-3-4-5-6-7-8-9-10-11-17-19-12-13-20(17)14-15-23-16-18(21)22;/h12-13H,2-11,14-16H2,1H3,(H,21,22);/q;+1/p-1. The van der Waals surface area contributed by atoms with E-state index in [9.17, 15) is 9.90 Å². The molecular weight excluding hydrogens is 315 g/mol. The molecule has 0 saturated heterocycles. The largest absolute Gasteiger partial charge is 1.00 e. The average molecular weight is 346 g/mol. The van der Waals surface area contributed by atoms with Crippen molar-refractivity contribution in [3.8, 4) is 0 Å². The van der Waals surface area contributed by atoms with Crippen LogP contribution >= 0.6 is 0 Å². The maximum absolute atomic E-state index is 10.3. The zero-order valence-corrected chi connectivity index (χ0v) is 17.5. The minimum atomic E-state index is -1.18. The van der Waals surface area contributed by atoms with E-state index in [0.717, 1.165) is 18.7 Å². The number of carboxylic acids is 1. The Morgan fingerprint density at radius 3 is 2.38 bits per heavy atom. The van der Waals surface area contributed by atoms with Crippen LogP contribution in [0, 0.1) is 0 Å². The minimum Gasteiger partial charge on any atom is -0.548 e. The Labute approximate surface area is 168 Å². The van der Waals surface area contributed by atoms with E-state index < -0.39 is 5.97 Å². The van der Waals surface area contributed by atoms with Crippen LogP contribution in [0.1, 0.15) is 70.5 Å². The Balaban J connectivity index is 0.00000529. The Bertz CT molecular complexity index is 424. The van der Waals surface area contributed by atoms with Crippen molar-refractivity contribution in [2.75, 3.05) is 13.2 Å². The topological polar surface area (TPSA) is 67.2 Å². The second-order valence-electron chi connectivity index (χ2n) is 6.04. The van der Waals surface area contributed by atoms with E-state index >= 15 is 0 Å². The molecule has 0 saturated carbocycles. The summed E-state index contributed by atoms with van der Waals surface area (Å²) in [6.07, 6.45) is 16.6. The van der Waals surface area contributed by atoms with Crippen LogP contribution in [0.5, 0.6) is 0 Å². The fourth-order valence-electron chi connectivity index (χ4n) is 2.68. The predicted molar refractivity (Wildman–Crippen MR) is 89.0 cm³/mol. The van der Waals surface area contributed by atoms with Crippen LogP contribution in [0.4, 0.5) is 0 Å². The number of aliphatic carboxylic acids is 1. The van der Waals surface area contributed by atoms with E-state index in [0.29, 0.717) is 13.2 Å². The molecule has 1 aromatic heterocycles. The van der Waals surface area contributed by atoms with Crippen LogP contribution in [0.2, 0.25) is 0 Å². The molecule has 0 aliphatic rings. The van der Waals surface area contributed by atoms with E-state index in [1.165, 1.54) is 51.4 Å². The SMILES string of the molecule is CCCCCCCCCCCc1nccn1CCOCC(=O)[O-].[Na+]. The van der Waals surface area contributed by atoms with Gasteiger partial charge < -0.3 is 19.2 Å². The molecule has 5 nitrogen and oxygen atoms in total. The molecule has 0 aromatic carbocycles. The zero-order chi connectivity index (χ0) is 16.8. The number of ether oxygens (including phenoxy) is 1. The smallest absolute Gasteiger partial charge is 0.548 e. The normalized spacial score (nSPS) is 10.5. The second kappa shape index (κ2) is 16.1. The van der Waals surface area contributed by atoms with Gasteiger partial charge >= 0.3 is 29.6 Å². The number of carboxylic acid groups (broad SMARTS) is 1. The number of aromatic nitrogens is 2. The molecule has 132 valence electrons. The molecule has 0 N–H and O–H groups in total. The van der Waals surface area contributed by atoms with Crippen molar-refractivity contribution in [2.24, 2.45) is 0 Å². The van der Waals surface area contributed by atoms with Crippen molar-refractivity contribution in [1.82, 2.24) is 9.55 Å². The summed E-state index contributed by atoms with van der Waals surface area (Å²) < 4.78 is 7.05. The van der Waals surface area contributed by atoms with Crippen molar-refractivity contribution < 1.29 is 44.2 Å². The van der Waals surface area contributed by atoms with Gasteiger partial charge in [0.2, 0.25) is 0 Å². The minimum absolute atomic E-state index is 0. The number of aryl methyl sites for hydroxylation is 1. The van der Waals surface area contributed by atoms with Crippen LogP contribution in [-0.2, 0) is 22.5 Å². The van der Waals surface area contributed by atoms with Crippen molar-refractivity contribution in [3.63, 3.8) is 0 Å². The molecule has 0 aliphatic heterocycles. The maximum Gasteiger partial charge on any atom is 1.00 e. The van der Waals surface area contributed by atoms with Gasteiger partial charge in [-0.15, -0.1) is 0 Å². The van der Waals surface area contributed by atoms with Crippen LogP contribution < -0.4 is 34.7 Å². The molecule has 0 radical (unpaired) electrons. The third-order valence-corrected chi connectivity index (χ3v) is 4.00.